The van der Waals surface area contributed by atoms with Crippen LogP contribution >= 0.6 is 38.9 Å². The van der Waals surface area contributed by atoms with Crippen molar-refractivity contribution in [2.75, 3.05) is 0 Å². The van der Waals surface area contributed by atoms with Gasteiger partial charge in [0.2, 0.25) is 0 Å². The minimum atomic E-state index is -0.108. The zero-order chi connectivity index (χ0) is 12.6. The maximum absolute atomic E-state index is 6.30. The predicted octanol–water partition coefficient (Wildman–Crippen LogP) is 4.83. The molecule has 1 unspecified atom stereocenters. The van der Waals surface area contributed by atoms with Crippen LogP contribution in [0.25, 0.3) is 0 Å². The lowest BCUT2D eigenvalue weighted by molar-refractivity contribution is 0.884. The van der Waals surface area contributed by atoms with Gasteiger partial charge in [0.25, 0.3) is 0 Å². The first-order chi connectivity index (χ1) is 7.97. The van der Waals surface area contributed by atoms with Crippen molar-refractivity contribution >= 4 is 38.9 Å². The number of hydrogen-bond donors (Lipinski definition) is 1. The summed E-state index contributed by atoms with van der Waals surface area (Å²) in [6.45, 7) is 4.19. The number of aryl methyl sites for hydroxylation is 2. The third-order valence-corrected chi connectivity index (χ3v) is 4.52. The summed E-state index contributed by atoms with van der Waals surface area (Å²) in [6, 6.07) is 7.86. The molecule has 2 aromatic rings. The highest BCUT2D eigenvalue weighted by molar-refractivity contribution is 9.10. The van der Waals surface area contributed by atoms with Gasteiger partial charge in [0, 0.05) is 19.2 Å². The zero-order valence-electron chi connectivity index (χ0n) is 9.63. The SMILES string of the molecule is Cc1cc(C)c(C(N)c2cc(Cl)cc(Br)c2)s1. The molecule has 0 radical (unpaired) electrons. The lowest BCUT2D eigenvalue weighted by Gasteiger charge is -2.12. The van der Waals surface area contributed by atoms with Crippen LogP contribution in [0.5, 0.6) is 0 Å². The molecule has 0 bridgehead atoms. The Bertz CT molecular complexity index is 530. The smallest absolute Gasteiger partial charge is 0.0649 e. The number of halogens is 2. The average Bonchev–Trinajstić information content (AvgIpc) is 2.55. The monoisotopic (exact) mass is 329 g/mol. The van der Waals surface area contributed by atoms with Crippen LogP contribution in [0.1, 0.15) is 26.9 Å². The topological polar surface area (TPSA) is 26.0 Å². The van der Waals surface area contributed by atoms with E-state index >= 15 is 0 Å². The second-order valence-electron chi connectivity index (χ2n) is 4.08. The normalized spacial score (nSPS) is 12.8. The summed E-state index contributed by atoms with van der Waals surface area (Å²) in [5.74, 6) is 0. The molecule has 1 nitrogen and oxygen atoms in total. The fourth-order valence-electron chi connectivity index (χ4n) is 1.87. The second kappa shape index (κ2) is 5.11. The summed E-state index contributed by atoms with van der Waals surface area (Å²) in [5.41, 5.74) is 8.58. The molecule has 0 aliphatic rings. The zero-order valence-corrected chi connectivity index (χ0v) is 12.8. The van der Waals surface area contributed by atoms with Gasteiger partial charge in [-0.05, 0) is 49.2 Å². The van der Waals surface area contributed by atoms with Crippen LogP contribution in [0.2, 0.25) is 5.02 Å². The summed E-state index contributed by atoms with van der Waals surface area (Å²) in [6.07, 6.45) is 0. The first kappa shape index (κ1) is 13.1. The Morgan fingerprint density at radius 1 is 1.24 bits per heavy atom. The molecule has 2 N–H and O–H groups in total. The fourth-order valence-corrected chi connectivity index (χ4v) is 3.83. The molecule has 4 heteroatoms. The summed E-state index contributed by atoms with van der Waals surface area (Å²) >= 11 is 11.2. The van der Waals surface area contributed by atoms with E-state index in [1.807, 2.05) is 18.2 Å². The number of benzene rings is 1. The van der Waals surface area contributed by atoms with Crippen molar-refractivity contribution in [3.8, 4) is 0 Å². The Balaban J connectivity index is 2.43. The number of hydrogen-bond acceptors (Lipinski definition) is 2. The van der Waals surface area contributed by atoms with Gasteiger partial charge < -0.3 is 5.73 Å². The molecule has 0 fully saturated rings. The first-order valence-corrected chi connectivity index (χ1v) is 7.24. The third-order valence-electron chi connectivity index (χ3n) is 2.61. The molecule has 0 aliphatic heterocycles. The largest absolute Gasteiger partial charge is 0.320 e. The van der Waals surface area contributed by atoms with Crippen molar-refractivity contribution in [1.82, 2.24) is 0 Å². The van der Waals surface area contributed by atoms with Gasteiger partial charge in [-0.25, -0.2) is 0 Å². The predicted molar refractivity (Wildman–Crippen MR) is 79.0 cm³/mol. The van der Waals surface area contributed by atoms with Crippen LogP contribution in [0.15, 0.2) is 28.7 Å². The van der Waals surface area contributed by atoms with E-state index in [4.69, 9.17) is 17.3 Å². The van der Waals surface area contributed by atoms with E-state index in [2.05, 4.69) is 35.8 Å². The van der Waals surface area contributed by atoms with E-state index in [0.717, 1.165) is 10.0 Å². The molecule has 1 atom stereocenters. The van der Waals surface area contributed by atoms with Crippen LogP contribution < -0.4 is 5.73 Å². The minimum Gasteiger partial charge on any atom is -0.320 e. The van der Waals surface area contributed by atoms with Gasteiger partial charge in [-0.3, -0.25) is 0 Å². The Morgan fingerprint density at radius 2 is 1.94 bits per heavy atom. The third kappa shape index (κ3) is 2.91. The van der Waals surface area contributed by atoms with Crippen molar-refractivity contribution < 1.29 is 0 Å². The van der Waals surface area contributed by atoms with Crippen molar-refractivity contribution in [2.45, 2.75) is 19.9 Å². The highest BCUT2D eigenvalue weighted by Crippen LogP contribution is 2.32. The van der Waals surface area contributed by atoms with Crippen LogP contribution in [-0.4, -0.2) is 0 Å². The minimum absolute atomic E-state index is 0.108. The number of thiophene rings is 1. The van der Waals surface area contributed by atoms with Crippen LogP contribution in [0.4, 0.5) is 0 Å². The molecule has 1 aromatic heterocycles. The maximum Gasteiger partial charge on any atom is 0.0649 e. The van der Waals surface area contributed by atoms with Gasteiger partial charge in [0.05, 0.1) is 6.04 Å². The highest BCUT2D eigenvalue weighted by atomic mass is 79.9. The van der Waals surface area contributed by atoms with Crippen LogP contribution in [0, 0.1) is 13.8 Å². The number of rotatable bonds is 2. The van der Waals surface area contributed by atoms with E-state index < -0.39 is 0 Å². The Kier molecular flexibility index (Phi) is 3.93. The molecular weight excluding hydrogens is 318 g/mol. The molecule has 0 aliphatic carbocycles. The summed E-state index contributed by atoms with van der Waals surface area (Å²) in [7, 11) is 0. The number of nitrogens with two attached hydrogens (primary N) is 1. The molecule has 0 saturated heterocycles. The molecule has 1 heterocycles. The molecule has 0 spiro atoms. The standard InChI is InChI=1S/C13H13BrClNS/c1-7-3-8(2)17-13(7)12(16)9-4-10(14)6-11(15)5-9/h3-6,12H,16H2,1-2H3. The quantitative estimate of drug-likeness (QED) is 0.838. The molecule has 0 saturated carbocycles. The Morgan fingerprint density at radius 3 is 2.47 bits per heavy atom. The lowest BCUT2D eigenvalue weighted by Crippen LogP contribution is -2.11. The van der Waals surface area contributed by atoms with Gasteiger partial charge in [-0.2, -0.15) is 0 Å². The summed E-state index contributed by atoms with van der Waals surface area (Å²) in [5, 5.41) is 0.704. The van der Waals surface area contributed by atoms with E-state index in [-0.39, 0.29) is 6.04 Å². The first-order valence-electron chi connectivity index (χ1n) is 5.26. The van der Waals surface area contributed by atoms with Crippen molar-refractivity contribution in [3.63, 3.8) is 0 Å². The van der Waals surface area contributed by atoms with E-state index in [9.17, 15) is 0 Å². The molecule has 1 aromatic carbocycles. The second-order valence-corrected chi connectivity index (χ2v) is 6.72. The molecular formula is C13H13BrClNS. The van der Waals surface area contributed by atoms with Crippen molar-refractivity contribution in [2.24, 2.45) is 5.73 Å². The van der Waals surface area contributed by atoms with E-state index in [0.29, 0.717) is 5.02 Å². The summed E-state index contributed by atoms with van der Waals surface area (Å²) < 4.78 is 0.960. The Labute approximate surface area is 119 Å². The van der Waals surface area contributed by atoms with Gasteiger partial charge in [-0.1, -0.05) is 27.5 Å². The van der Waals surface area contributed by atoms with Crippen molar-refractivity contribution in [3.05, 3.63) is 54.6 Å². The molecule has 90 valence electrons. The van der Waals surface area contributed by atoms with Gasteiger partial charge in [0.1, 0.15) is 0 Å². The molecule has 17 heavy (non-hydrogen) atoms. The van der Waals surface area contributed by atoms with E-state index in [1.165, 1.54) is 15.3 Å². The maximum atomic E-state index is 6.30. The van der Waals surface area contributed by atoms with E-state index in [1.54, 1.807) is 11.3 Å². The Hall–Kier alpha value is -0.350. The highest BCUT2D eigenvalue weighted by Gasteiger charge is 2.15. The lowest BCUT2D eigenvalue weighted by atomic mass is 10.0. The van der Waals surface area contributed by atoms with Gasteiger partial charge >= 0.3 is 0 Å². The van der Waals surface area contributed by atoms with Crippen molar-refractivity contribution in [1.29, 1.82) is 0 Å². The molecule has 0 amide bonds. The summed E-state index contributed by atoms with van der Waals surface area (Å²) in [4.78, 5) is 2.49. The molecule has 2 rings (SSSR count). The van der Waals surface area contributed by atoms with Crippen LogP contribution in [-0.2, 0) is 0 Å². The van der Waals surface area contributed by atoms with Gasteiger partial charge in [0.15, 0.2) is 0 Å². The fraction of sp³-hybridized carbons (Fsp3) is 0.231. The van der Waals surface area contributed by atoms with Gasteiger partial charge in [-0.15, -0.1) is 11.3 Å². The van der Waals surface area contributed by atoms with Crippen LogP contribution in [0.3, 0.4) is 0 Å². The average molecular weight is 331 g/mol.